The van der Waals surface area contributed by atoms with E-state index in [4.69, 9.17) is 5.26 Å². The van der Waals surface area contributed by atoms with Crippen molar-refractivity contribution in [2.24, 2.45) is 0 Å². The predicted molar refractivity (Wildman–Crippen MR) is 92.4 cm³/mol. The standard InChI is InChI=1S/C19H23N3O/c1-21-15-18(23)19(17-10-3-2-4-11-17)22-12-6-5-8-16(14-20)9-7-13-22/h2-4,6-12,18-19,21,23H,5,13,15H2,1H3/b9-7-,12-6-,16-8+. The fourth-order valence-corrected chi connectivity index (χ4v) is 2.72. The number of likely N-dealkylation sites (N-methyl/N-ethyl adjacent to an activating group) is 1. The average Bonchev–Trinajstić information content (AvgIpc) is 2.68. The third-order valence-electron chi connectivity index (χ3n) is 3.79. The molecule has 0 radical (unpaired) electrons. The molecule has 0 amide bonds. The van der Waals surface area contributed by atoms with Crippen molar-refractivity contribution >= 4 is 0 Å². The molecule has 1 aliphatic rings. The minimum Gasteiger partial charge on any atom is -0.389 e. The molecule has 1 heterocycles. The smallest absolute Gasteiger partial charge is 0.0988 e. The van der Waals surface area contributed by atoms with Gasteiger partial charge < -0.3 is 15.3 Å². The molecule has 1 aromatic rings. The maximum Gasteiger partial charge on any atom is 0.0988 e. The Morgan fingerprint density at radius 1 is 1.30 bits per heavy atom. The van der Waals surface area contributed by atoms with Crippen molar-refractivity contribution in [3.05, 3.63) is 72.0 Å². The van der Waals surface area contributed by atoms with E-state index in [1.807, 2.05) is 67.9 Å². The molecule has 0 aromatic heterocycles. The zero-order valence-corrected chi connectivity index (χ0v) is 13.4. The molecule has 4 nitrogen and oxygen atoms in total. The van der Waals surface area contributed by atoms with Crippen LogP contribution in [-0.2, 0) is 0 Å². The minimum absolute atomic E-state index is 0.145. The van der Waals surface area contributed by atoms with Gasteiger partial charge in [-0.3, -0.25) is 0 Å². The van der Waals surface area contributed by atoms with Crippen LogP contribution in [0, 0.1) is 11.3 Å². The fraction of sp³-hybridized carbons (Fsp3) is 0.316. The minimum atomic E-state index is -0.537. The molecule has 0 fully saturated rings. The van der Waals surface area contributed by atoms with Gasteiger partial charge in [-0.1, -0.05) is 48.6 Å². The molecule has 1 aliphatic heterocycles. The molecular weight excluding hydrogens is 286 g/mol. The summed E-state index contributed by atoms with van der Waals surface area (Å²) in [5.74, 6) is 0. The maximum atomic E-state index is 10.6. The number of rotatable bonds is 5. The summed E-state index contributed by atoms with van der Waals surface area (Å²) < 4.78 is 0. The summed E-state index contributed by atoms with van der Waals surface area (Å²) in [5, 5.41) is 22.7. The summed E-state index contributed by atoms with van der Waals surface area (Å²) in [5.41, 5.74) is 1.74. The van der Waals surface area contributed by atoms with Crippen molar-refractivity contribution in [2.75, 3.05) is 20.1 Å². The van der Waals surface area contributed by atoms with Crippen molar-refractivity contribution < 1.29 is 5.11 Å². The molecule has 2 rings (SSSR count). The van der Waals surface area contributed by atoms with Gasteiger partial charge in [0.05, 0.1) is 18.2 Å². The first-order valence-electron chi connectivity index (χ1n) is 7.83. The second-order valence-electron chi connectivity index (χ2n) is 5.47. The van der Waals surface area contributed by atoms with Gasteiger partial charge in [0.15, 0.2) is 0 Å². The number of hydrogen-bond acceptors (Lipinski definition) is 4. The van der Waals surface area contributed by atoms with E-state index in [0.29, 0.717) is 25.1 Å². The monoisotopic (exact) mass is 309 g/mol. The highest BCUT2D eigenvalue weighted by atomic mass is 16.3. The Balaban J connectivity index is 2.28. The Bertz CT molecular complexity index is 613. The van der Waals surface area contributed by atoms with Gasteiger partial charge in [0.1, 0.15) is 0 Å². The van der Waals surface area contributed by atoms with E-state index in [0.717, 1.165) is 5.56 Å². The summed E-state index contributed by atoms with van der Waals surface area (Å²) in [7, 11) is 1.84. The molecule has 0 saturated heterocycles. The average molecular weight is 309 g/mol. The van der Waals surface area contributed by atoms with Gasteiger partial charge >= 0.3 is 0 Å². The third-order valence-corrected chi connectivity index (χ3v) is 3.79. The predicted octanol–water partition coefficient (Wildman–Crippen LogP) is 2.53. The van der Waals surface area contributed by atoms with Crippen molar-refractivity contribution in [1.82, 2.24) is 10.2 Å². The van der Waals surface area contributed by atoms with Gasteiger partial charge in [-0.25, -0.2) is 0 Å². The van der Waals surface area contributed by atoms with Crippen LogP contribution in [-0.4, -0.2) is 36.2 Å². The highest BCUT2D eigenvalue weighted by Gasteiger charge is 2.25. The SMILES string of the molecule is CNCC(O)C(c1ccccc1)N1/C=C\C/C=C(C#N)\C=C/C1. The molecular formula is C19H23N3O. The van der Waals surface area contributed by atoms with Crippen molar-refractivity contribution in [2.45, 2.75) is 18.6 Å². The fourth-order valence-electron chi connectivity index (χ4n) is 2.72. The van der Waals surface area contributed by atoms with Crippen LogP contribution in [0.15, 0.2) is 66.4 Å². The van der Waals surface area contributed by atoms with Gasteiger partial charge in [-0.05, 0) is 31.3 Å². The molecule has 23 heavy (non-hydrogen) atoms. The molecule has 120 valence electrons. The van der Waals surface area contributed by atoms with Gasteiger partial charge in [-0.15, -0.1) is 0 Å². The number of benzene rings is 1. The summed E-state index contributed by atoms with van der Waals surface area (Å²) in [6.45, 7) is 1.14. The molecule has 2 unspecified atom stereocenters. The lowest BCUT2D eigenvalue weighted by atomic mass is 9.99. The van der Waals surface area contributed by atoms with Gasteiger partial charge in [-0.2, -0.15) is 5.26 Å². The highest BCUT2D eigenvalue weighted by molar-refractivity contribution is 5.34. The molecule has 2 N–H and O–H groups in total. The van der Waals surface area contributed by atoms with Crippen molar-refractivity contribution in [3.63, 3.8) is 0 Å². The first-order valence-corrected chi connectivity index (χ1v) is 7.83. The van der Waals surface area contributed by atoms with Crippen LogP contribution in [0.4, 0.5) is 0 Å². The van der Waals surface area contributed by atoms with E-state index in [9.17, 15) is 5.11 Å². The Hall–Kier alpha value is -2.35. The number of aliphatic hydroxyl groups excluding tert-OH is 1. The van der Waals surface area contributed by atoms with E-state index in [1.54, 1.807) is 0 Å². The zero-order chi connectivity index (χ0) is 16.5. The van der Waals surface area contributed by atoms with Gasteiger partial charge in [0.25, 0.3) is 0 Å². The summed E-state index contributed by atoms with van der Waals surface area (Å²) in [6.07, 6.45) is 9.90. The van der Waals surface area contributed by atoms with Crippen LogP contribution in [0.2, 0.25) is 0 Å². The molecule has 0 spiro atoms. The van der Waals surface area contributed by atoms with E-state index in [1.165, 1.54) is 0 Å². The Kier molecular flexibility index (Phi) is 6.61. The van der Waals surface area contributed by atoms with Crippen molar-refractivity contribution in [1.29, 1.82) is 5.26 Å². The van der Waals surface area contributed by atoms with E-state index in [-0.39, 0.29) is 6.04 Å². The lowest BCUT2D eigenvalue weighted by molar-refractivity contribution is 0.0795. The molecule has 0 saturated carbocycles. The molecule has 4 heteroatoms. The Morgan fingerprint density at radius 2 is 2.09 bits per heavy atom. The number of allylic oxidation sites excluding steroid dienone is 4. The number of hydrogen-bond donors (Lipinski definition) is 2. The Labute approximate surface area is 138 Å². The van der Waals surface area contributed by atoms with Crippen LogP contribution >= 0.6 is 0 Å². The Morgan fingerprint density at radius 3 is 2.78 bits per heavy atom. The first kappa shape index (κ1) is 17.0. The third kappa shape index (κ3) is 4.82. The topological polar surface area (TPSA) is 59.3 Å². The highest BCUT2D eigenvalue weighted by Crippen LogP contribution is 2.25. The zero-order valence-electron chi connectivity index (χ0n) is 13.4. The number of nitriles is 1. The molecule has 0 aliphatic carbocycles. The normalized spacial score (nSPS) is 22.5. The van der Waals surface area contributed by atoms with E-state index < -0.39 is 6.10 Å². The second-order valence-corrected chi connectivity index (χ2v) is 5.47. The summed E-state index contributed by atoms with van der Waals surface area (Å²) in [6, 6.07) is 12.1. The largest absolute Gasteiger partial charge is 0.389 e. The van der Waals surface area contributed by atoms with Gasteiger partial charge in [0, 0.05) is 18.7 Å². The lowest BCUT2D eigenvalue weighted by Gasteiger charge is -2.34. The van der Waals surface area contributed by atoms with Crippen LogP contribution in [0.25, 0.3) is 0 Å². The quantitative estimate of drug-likeness (QED) is 0.877. The molecule has 0 bridgehead atoms. The maximum absolute atomic E-state index is 10.6. The van der Waals surface area contributed by atoms with Crippen LogP contribution < -0.4 is 5.32 Å². The summed E-state index contributed by atoms with van der Waals surface area (Å²) >= 11 is 0. The van der Waals surface area contributed by atoms with Crippen LogP contribution in [0.1, 0.15) is 18.0 Å². The number of nitrogens with zero attached hydrogens (tertiary/aromatic N) is 2. The lowest BCUT2D eigenvalue weighted by Crippen LogP contribution is -2.38. The van der Waals surface area contributed by atoms with E-state index in [2.05, 4.69) is 16.3 Å². The first-order chi connectivity index (χ1) is 11.3. The molecule has 2 atom stereocenters. The number of nitrogens with one attached hydrogen (secondary N) is 1. The van der Waals surface area contributed by atoms with Gasteiger partial charge in [0.2, 0.25) is 0 Å². The number of aliphatic hydroxyl groups is 1. The second kappa shape index (κ2) is 8.94. The van der Waals surface area contributed by atoms with Crippen LogP contribution in [0.5, 0.6) is 0 Å². The van der Waals surface area contributed by atoms with E-state index >= 15 is 0 Å². The van der Waals surface area contributed by atoms with Crippen molar-refractivity contribution in [3.8, 4) is 6.07 Å². The summed E-state index contributed by atoms with van der Waals surface area (Å²) in [4.78, 5) is 2.11. The molecule has 1 aromatic carbocycles. The van der Waals surface area contributed by atoms with Crippen LogP contribution in [0.3, 0.4) is 0 Å².